The summed E-state index contributed by atoms with van der Waals surface area (Å²) in [5, 5.41) is 7.87. The molecule has 0 fully saturated rings. The van der Waals surface area contributed by atoms with Crippen molar-refractivity contribution in [1.82, 2.24) is 10.3 Å². The second-order valence-electron chi connectivity index (χ2n) is 5.02. The van der Waals surface area contributed by atoms with Gasteiger partial charge in [-0.3, -0.25) is 0 Å². The molecule has 0 atom stereocenters. The van der Waals surface area contributed by atoms with Gasteiger partial charge < -0.3 is 10.1 Å². The Balaban J connectivity index is 1.49. The Labute approximate surface area is 143 Å². The number of benzene rings is 1. The Kier molecular flexibility index (Phi) is 5.38. The molecule has 4 nitrogen and oxygen atoms in total. The van der Waals surface area contributed by atoms with E-state index in [9.17, 15) is 4.79 Å². The number of nitrogens with zero attached hydrogens (tertiary/aromatic N) is 1. The molecule has 3 aromatic rings. The highest BCUT2D eigenvalue weighted by Crippen LogP contribution is 2.25. The minimum atomic E-state index is -0.291. The third-order valence-electron chi connectivity index (χ3n) is 3.44. The van der Waals surface area contributed by atoms with Crippen molar-refractivity contribution in [3.05, 3.63) is 51.3 Å². The molecule has 3 rings (SSSR count). The zero-order chi connectivity index (χ0) is 16.1. The summed E-state index contributed by atoms with van der Waals surface area (Å²) in [5.41, 5.74) is 1.38. The first-order chi connectivity index (χ1) is 11.3. The number of ether oxygens (including phenoxy) is 1. The summed E-state index contributed by atoms with van der Waals surface area (Å²) in [4.78, 5) is 16.4. The van der Waals surface area contributed by atoms with E-state index in [2.05, 4.69) is 39.9 Å². The van der Waals surface area contributed by atoms with Gasteiger partial charge in [0.1, 0.15) is 9.88 Å². The SMILES string of the molecule is CCOC(=O)c1cnc(CNCCc2csc3ccccc23)s1. The van der Waals surface area contributed by atoms with Crippen LogP contribution in [0.3, 0.4) is 0 Å². The number of fused-ring (bicyclic) bond motifs is 1. The van der Waals surface area contributed by atoms with Crippen LogP contribution in [0.1, 0.15) is 27.2 Å². The van der Waals surface area contributed by atoms with Crippen LogP contribution in [0.5, 0.6) is 0 Å². The first-order valence-electron chi connectivity index (χ1n) is 7.55. The highest BCUT2D eigenvalue weighted by molar-refractivity contribution is 7.17. The van der Waals surface area contributed by atoms with Crippen LogP contribution in [0.25, 0.3) is 10.1 Å². The van der Waals surface area contributed by atoms with Crippen LogP contribution < -0.4 is 5.32 Å². The minimum absolute atomic E-state index is 0.291. The van der Waals surface area contributed by atoms with Gasteiger partial charge in [0.2, 0.25) is 0 Å². The number of esters is 1. The molecule has 0 saturated carbocycles. The maximum Gasteiger partial charge on any atom is 0.349 e. The van der Waals surface area contributed by atoms with Gasteiger partial charge in [0.15, 0.2) is 0 Å². The number of rotatable bonds is 7. The van der Waals surface area contributed by atoms with Gasteiger partial charge in [-0.15, -0.1) is 22.7 Å². The first-order valence-corrected chi connectivity index (χ1v) is 9.25. The third kappa shape index (κ3) is 3.96. The highest BCUT2D eigenvalue weighted by Gasteiger charge is 2.11. The fourth-order valence-corrected chi connectivity index (χ4v) is 4.11. The molecule has 2 heterocycles. The summed E-state index contributed by atoms with van der Waals surface area (Å²) in [5.74, 6) is -0.291. The Morgan fingerprint density at radius 2 is 2.22 bits per heavy atom. The zero-order valence-corrected chi connectivity index (χ0v) is 14.5. The number of thiophene rings is 1. The lowest BCUT2D eigenvalue weighted by Gasteiger charge is -2.02. The van der Waals surface area contributed by atoms with Crippen LogP contribution in [0.4, 0.5) is 0 Å². The molecule has 0 saturated heterocycles. The summed E-state index contributed by atoms with van der Waals surface area (Å²) in [6.45, 7) is 3.75. The average molecular weight is 346 g/mol. The molecule has 0 radical (unpaired) electrons. The summed E-state index contributed by atoms with van der Waals surface area (Å²) in [6.07, 6.45) is 2.58. The van der Waals surface area contributed by atoms with Crippen LogP contribution in [0, 0.1) is 0 Å². The van der Waals surface area contributed by atoms with Gasteiger partial charge in [-0.2, -0.15) is 0 Å². The largest absolute Gasteiger partial charge is 0.462 e. The summed E-state index contributed by atoms with van der Waals surface area (Å²) in [7, 11) is 0. The van der Waals surface area contributed by atoms with E-state index in [1.807, 2.05) is 0 Å². The fraction of sp³-hybridized carbons (Fsp3) is 0.294. The molecule has 23 heavy (non-hydrogen) atoms. The van der Waals surface area contributed by atoms with Crippen molar-refractivity contribution in [3.8, 4) is 0 Å². The molecule has 2 aromatic heterocycles. The molecule has 0 aliphatic carbocycles. The molecule has 0 unspecified atom stereocenters. The molecule has 0 bridgehead atoms. The Morgan fingerprint density at radius 3 is 3.09 bits per heavy atom. The van der Waals surface area contributed by atoms with E-state index in [0.29, 0.717) is 18.0 Å². The van der Waals surface area contributed by atoms with Gasteiger partial charge in [0, 0.05) is 11.2 Å². The molecule has 1 N–H and O–H groups in total. The quantitative estimate of drug-likeness (QED) is 0.521. The lowest BCUT2D eigenvalue weighted by molar-refractivity contribution is 0.0532. The normalized spacial score (nSPS) is 11.0. The summed E-state index contributed by atoms with van der Waals surface area (Å²) >= 11 is 3.18. The van der Waals surface area contributed by atoms with Gasteiger partial charge in [0.05, 0.1) is 12.8 Å². The molecular weight excluding hydrogens is 328 g/mol. The second-order valence-corrected chi connectivity index (χ2v) is 7.05. The van der Waals surface area contributed by atoms with Crippen LogP contribution in [0.2, 0.25) is 0 Å². The molecular formula is C17H18N2O2S2. The minimum Gasteiger partial charge on any atom is -0.462 e. The lowest BCUT2D eigenvalue weighted by Crippen LogP contribution is -2.16. The smallest absolute Gasteiger partial charge is 0.349 e. The Bertz CT molecular complexity index is 795. The van der Waals surface area contributed by atoms with Gasteiger partial charge in [0.25, 0.3) is 0 Å². The van der Waals surface area contributed by atoms with Crippen molar-refractivity contribution in [2.45, 2.75) is 19.9 Å². The predicted molar refractivity (Wildman–Crippen MR) is 95.3 cm³/mol. The van der Waals surface area contributed by atoms with E-state index >= 15 is 0 Å². The van der Waals surface area contributed by atoms with Gasteiger partial charge in [-0.1, -0.05) is 18.2 Å². The second kappa shape index (κ2) is 7.68. The number of thiazole rings is 1. The summed E-state index contributed by atoms with van der Waals surface area (Å²) in [6, 6.07) is 8.49. The Morgan fingerprint density at radius 1 is 1.35 bits per heavy atom. The number of hydrogen-bond acceptors (Lipinski definition) is 6. The summed E-state index contributed by atoms with van der Waals surface area (Å²) < 4.78 is 6.30. The van der Waals surface area contributed by atoms with E-state index in [4.69, 9.17) is 4.74 Å². The maximum atomic E-state index is 11.6. The van der Waals surface area contributed by atoms with Crippen molar-refractivity contribution >= 4 is 38.7 Å². The first kappa shape index (κ1) is 16.1. The van der Waals surface area contributed by atoms with E-state index in [-0.39, 0.29) is 5.97 Å². The molecule has 6 heteroatoms. The lowest BCUT2D eigenvalue weighted by atomic mass is 10.1. The van der Waals surface area contributed by atoms with Crippen LogP contribution in [-0.4, -0.2) is 24.1 Å². The van der Waals surface area contributed by atoms with Crippen molar-refractivity contribution in [1.29, 1.82) is 0 Å². The molecule has 0 aliphatic rings. The van der Waals surface area contributed by atoms with E-state index in [1.165, 1.54) is 27.0 Å². The molecule has 0 amide bonds. The molecule has 0 spiro atoms. The van der Waals surface area contributed by atoms with Gasteiger partial charge in [-0.25, -0.2) is 9.78 Å². The Hall–Kier alpha value is -1.76. The fourth-order valence-electron chi connectivity index (χ4n) is 2.33. The van der Waals surface area contributed by atoms with Crippen LogP contribution in [0.15, 0.2) is 35.8 Å². The molecule has 1 aromatic carbocycles. The van der Waals surface area contributed by atoms with Gasteiger partial charge in [-0.05, 0) is 42.3 Å². The number of hydrogen-bond donors (Lipinski definition) is 1. The number of nitrogens with one attached hydrogen (secondary N) is 1. The molecule has 0 aliphatic heterocycles. The van der Waals surface area contributed by atoms with E-state index in [1.54, 1.807) is 24.5 Å². The van der Waals surface area contributed by atoms with Crippen LogP contribution >= 0.6 is 22.7 Å². The number of carbonyl (C=O) groups excluding carboxylic acids is 1. The highest BCUT2D eigenvalue weighted by atomic mass is 32.1. The number of aromatic nitrogens is 1. The average Bonchev–Trinajstić information content (AvgIpc) is 3.19. The van der Waals surface area contributed by atoms with E-state index < -0.39 is 0 Å². The van der Waals surface area contributed by atoms with Crippen LogP contribution in [-0.2, 0) is 17.7 Å². The van der Waals surface area contributed by atoms with Crippen molar-refractivity contribution in [3.63, 3.8) is 0 Å². The monoisotopic (exact) mass is 346 g/mol. The number of carbonyl (C=O) groups is 1. The zero-order valence-electron chi connectivity index (χ0n) is 12.9. The van der Waals surface area contributed by atoms with Crippen molar-refractivity contribution in [2.75, 3.05) is 13.2 Å². The van der Waals surface area contributed by atoms with Crippen molar-refractivity contribution in [2.24, 2.45) is 0 Å². The third-order valence-corrected chi connectivity index (χ3v) is 5.43. The van der Waals surface area contributed by atoms with Gasteiger partial charge >= 0.3 is 5.97 Å². The molecule has 120 valence electrons. The maximum absolute atomic E-state index is 11.6. The predicted octanol–water partition coefficient (Wildman–Crippen LogP) is 3.87. The van der Waals surface area contributed by atoms with E-state index in [0.717, 1.165) is 18.0 Å². The standard InChI is InChI=1S/C17H18N2O2S2/c1-2-21-17(20)15-9-19-16(23-15)10-18-8-7-12-11-22-14-6-4-3-5-13(12)14/h3-6,9,11,18H,2,7-8,10H2,1H3. The van der Waals surface area contributed by atoms with Crippen molar-refractivity contribution < 1.29 is 9.53 Å². The topological polar surface area (TPSA) is 51.2 Å².